The minimum atomic E-state index is -1.68. The lowest BCUT2D eigenvalue weighted by Crippen LogP contribution is -2.12. The number of hydrogen-bond donors (Lipinski definition) is 1. The van der Waals surface area contributed by atoms with Crippen molar-refractivity contribution in [3.8, 4) is 0 Å². The van der Waals surface area contributed by atoms with E-state index in [1.807, 2.05) is 18.2 Å². The van der Waals surface area contributed by atoms with Crippen LogP contribution in [0.5, 0.6) is 0 Å². The Morgan fingerprint density at radius 1 is 0.450 bits per heavy atom. The molecule has 2 N–H and O–H groups in total. The summed E-state index contributed by atoms with van der Waals surface area (Å²) in [6.07, 6.45) is 0. The molecule has 2 heteroatoms. The van der Waals surface area contributed by atoms with Crippen LogP contribution in [-0.2, 0) is 0 Å². The fourth-order valence-electron chi connectivity index (χ4n) is 2.31. The largest absolute Gasteiger partial charge is 0.283 e. The molecule has 0 spiro atoms. The van der Waals surface area contributed by atoms with Crippen LogP contribution in [0.25, 0.3) is 0 Å². The fraction of sp³-hybridized carbons (Fsp3) is 0. The van der Waals surface area contributed by atoms with Gasteiger partial charge in [0.25, 0.3) is 0 Å². The van der Waals surface area contributed by atoms with Gasteiger partial charge in [0.15, 0.2) is 0 Å². The van der Waals surface area contributed by atoms with Gasteiger partial charge in [-0.25, -0.2) is 0 Å². The summed E-state index contributed by atoms with van der Waals surface area (Å²) < 4.78 is 0. The Hall–Kier alpha value is -2.03. The van der Waals surface area contributed by atoms with E-state index in [1.165, 1.54) is 14.7 Å². The molecule has 100 valence electrons. The van der Waals surface area contributed by atoms with Gasteiger partial charge in [0.1, 0.15) is 0 Å². The van der Waals surface area contributed by atoms with E-state index in [0.29, 0.717) is 0 Å². The van der Waals surface area contributed by atoms with Crippen LogP contribution in [0.4, 0.5) is 0 Å². The normalized spacial score (nSPS) is 12.1. The Kier molecular flexibility index (Phi) is 3.59. The quantitative estimate of drug-likeness (QED) is 0.729. The highest BCUT2D eigenvalue weighted by molar-refractivity contribution is 8.32. The summed E-state index contributed by atoms with van der Waals surface area (Å²) in [4.78, 5) is 3.53. The molecule has 3 aromatic rings. The number of benzene rings is 3. The minimum Gasteiger partial charge on any atom is -0.283 e. The second-order valence-corrected chi connectivity index (χ2v) is 7.33. The zero-order chi connectivity index (χ0) is 13.8. The molecule has 0 aromatic heterocycles. The Morgan fingerprint density at radius 2 is 0.700 bits per heavy atom. The third-order valence-electron chi connectivity index (χ3n) is 3.34. The molecule has 0 bridgehead atoms. The van der Waals surface area contributed by atoms with Gasteiger partial charge in [-0.1, -0.05) is 54.6 Å². The van der Waals surface area contributed by atoms with Crippen molar-refractivity contribution in [2.45, 2.75) is 14.7 Å². The first-order chi connectivity index (χ1) is 9.82. The molecule has 0 aliphatic heterocycles. The van der Waals surface area contributed by atoms with Crippen LogP contribution in [0.1, 0.15) is 0 Å². The van der Waals surface area contributed by atoms with Crippen molar-refractivity contribution in [3.05, 3.63) is 91.0 Å². The Bertz CT molecular complexity index is 569. The van der Waals surface area contributed by atoms with Gasteiger partial charge < -0.3 is 0 Å². The smallest absolute Gasteiger partial charge is 0.0107 e. The van der Waals surface area contributed by atoms with Gasteiger partial charge in [-0.15, -0.1) is 10.2 Å². The first-order valence-corrected chi connectivity index (χ1v) is 8.28. The molecule has 20 heavy (non-hydrogen) atoms. The van der Waals surface area contributed by atoms with Gasteiger partial charge in [-0.3, -0.25) is 5.14 Å². The number of hydrogen-bond acceptors (Lipinski definition) is 1. The molecule has 1 nitrogen and oxygen atoms in total. The second-order valence-electron chi connectivity index (χ2n) is 4.60. The fourth-order valence-corrected chi connectivity index (χ4v) is 4.89. The van der Waals surface area contributed by atoms with Gasteiger partial charge >= 0.3 is 0 Å². The average molecular weight is 279 g/mol. The summed E-state index contributed by atoms with van der Waals surface area (Å²) in [6.45, 7) is 0. The lowest BCUT2D eigenvalue weighted by Gasteiger charge is -2.37. The van der Waals surface area contributed by atoms with Crippen LogP contribution in [0, 0.1) is 0 Å². The van der Waals surface area contributed by atoms with Crippen LogP contribution in [0.3, 0.4) is 0 Å². The van der Waals surface area contributed by atoms with Gasteiger partial charge in [-0.2, -0.15) is 0 Å². The maximum absolute atomic E-state index is 6.95. The van der Waals surface area contributed by atoms with Gasteiger partial charge in [-0.05, 0) is 36.4 Å². The van der Waals surface area contributed by atoms with Gasteiger partial charge in [0.05, 0.1) is 0 Å². The maximum Gasteiger partial charge on any atom is 0.0107 e. The van der Waals surface area contributed by atoms with Crippen molar-refractivity contribution in [2.24, 2.45) is 5.14 Å². The standard InChI is InChI=1S/C18H17NS/c19-20(16-10-4-1-5-11-16,17-12-6-2-7-13-17)18-14-8-3-9-15-18/h1-15H,19H2. The molecule has 0 atom stereocenters. The molecule has 0 unspecified atom stereocenters. The van der Waals surface area contributed by atoms with E-state index < -0.39 is 10.2 Å². The average Bonchev–Trinajstić information content (AvgIpc) is 2.56. The van der Waals surface area contributed by atoms with Crippen molar-refractivity contribution in [2.75, 3.05) is 0 Å². The Morgan fingerprint density at radius 3 is 0.950 bits per heavy atom. The highest BCUT2D eigenvalue weighted by Crippen LogP contribution is 2.61. The number of rotatable bonds is 3. The highest BCUT2D eigenvalue weighted by Gasteiger charge is 2.25. The molecule has 0 amide bonds. The molecule has 0 saturated heterocycles. The summed E-state index contributed by atoms with van der Waals surface area (Å²) in [6, 6.07) is 31.1. The molecule has 3 rings (SSSR count). The molecule has 0 heterocycles. The number of nitrogens with two attached hydrogens (primary N) is 1. The van der Waals surface area contributed by atoms with Crippen molar-refractivity contribution >= 4 is 10.2 Å². The summed E-state index contributed by atoms with van der Waals surface area (Å²) in [7, 11) is -1.68. The predicted octanol–water partition coefficient (Wildman–Crippen LogP) is 4.84. The second kappa shape index (κ2) is 5.53. The van der Waals surface area contributed by atoms with Gasteiger partial charge in [0.2, 0.25) is 0 Å². The Labute approximate surface area is 121 Å². The molecule has 0 radical (unpaired) electrons. The summed E-state index contributed by atoms with van der Waals surface area (Å²) in [5.74, 6) is 0. The van der Waals surface area contributed by atoms with Crippen LogP contribution in [-0.4, -0.2) is 0 Å². The first-order valence-electron chi connectivity index (χ1n) is 6.58. The summed E-state index contributed by atoms with van der Waals surface area (Å²) >= 11 is 0. The topological polar surface area (TPSA) is 26.0 Å². The molecular weight excluding hydrogens is 262 g/mol. The van der Waals surface area contributed by atoms with Crippen LogP contribution in [0.2, 0.25) is 0 Å². The summed E-state index contributed by atoms with van der Waals surface area (Å²) in [5.41, 5.74) is 0. The Balaban J connectivity index is 2.24. The van der Waals surface area contributed by atoms with E-state index >= 15 is 0 Å². The third-order valence-corrected chi connectivity index (χ3v) is 6.39. The van der Waals surface area contributed by atoms with Crippen molar-refractivity contribution in [1.29, 1.82) is 0 Å². The monoisotopic (exact) mass is 279 g/mol. The van der Waals surface area contributed by atoms with Crippen molar-refractivity contribution in [1.82, 2.24) is 0 Å². The highest BCUT2D eigenvalue weighted by atomic mass is 32.3. The lowest BCUT2D eigenvalue weighted by atomic mass is 10.4. The summed E-state index contributed by atoms with van der Waals surface area (Å²) in [5, 5.41) is 6.95. The van der Waals surface area contributed by atoms with Crippen molar-refractivity contribution < 1.29 is 0 Å². The van der Waals surface area contributed by atoms with E-state index in [4.69, 9.17) is 5.14 Å². The maximum atomic E-state index is 6.95. The zero-order valence-electron chi connectivity index (χ0n) is 11.1. The van der Waals surface area contributed by atoms with E-state index in [1.54, 1.807) is 0 Å². The van der Waals surface area contributed by atoms with Crippen LogP contribution < -0.4 is 5.14 Å². The first kappa shape index (κ1) is 13.0. The molecule has 0 saturated carbocycles. The minimum absolute atomic E-state index is 1.18. The van der Waals surface area contributed by atoms with E-state index in [2.05, 4.69) is 72.8 Å². The zero-order valence-corrected chi connectivity index (χ0v) is 12.0. The SMILES string of the molecule is NS(c1ccccc1)(c1ccccc1)c1ccccc1. The predicted molar refractivity (Wildman–Crippen MR) is 85.9 cm³/mol. The van der Waals surface area contributed by atoms with E-state index in [9.17, 15) is 0 Å². The van der Waals surface area contributed by atoms with Gasteiger partial charge in [0, 0.05) is 14.7 Å². The molecule has 3 aromatic carbocycles. The molecule has 0 fully saturated rings. The molecular formula is C18H17NS. The van der Waals surface area contributed by atoms with Crippen LogP contribution in [0.15, 0.2) is 106 Å². The van der Waals surface area contributed by atoms with E-state index in [0.717, 1.165) is 0 Å². The van der Waals surface area contributed by atoms with Crippen LogP contribution >= 0.6 is 10.2 Å². The third kappa shape index (κ3) is 2.24. The van der Waals surface area contributed by atoms with E-state index in [-0.39, 0.29) is 0 Å². The van der Waals surface area contributed by atoms with Crippen molar-refractivity contribution in [3.63, 3.8) is 0 Å². The molecule has 0 aliphatic carbocycles. The molecule has 0 aliphatic rings. The lowest BCUT2D eigenvalue weighted by molar-refractivity contribution is 1.28.